The number of hydrogen-bond acceptors (Lipinski definition) is 1. The lowest BCUT2D eigenvalue weighted by molar-refractivity contribution is 0.542. The summed E-state index contributed by atoms with van der Waals surface area (Å²) in [6.07, 6.45) is 3.62. The smallest absolute Gasteiger partial charge is 0.173 e. The fourth-order valence-electron chi connectivity index (χ4n) is 1.61. The van der Waals surface area contributed by atoms with Crippen molar-refractivity contribution in [2.24, 2.45) is 0 Å². The zero-order chi connectivity index (χ0) is 10.5. The van der Waals surface area contributed by atoms with Gasteiger partial charge in [0.2, 0.25) is 0 Å². The van der Waals surface area contributed by atoms with Crippen molar-refractivity contribution >= 4 is 16.6 Å². The molecule has 0 aromatic heterocycles. The van der Waals surface area contributed by atoms with Crippen molar-refractivity contribution in [3.63, 3.8) is 0 Å². The molecular weight excluding hydrogens is 192 g/mol. The van der Waals surface area contributed by atoms with Gasteiger partial charge in [-0.05, 0) is 38.8 Å². The molecule has 0 spiro atoms. The van der Waals surface area contributed by atoms with Crippen LogP contribution in [0.15, 0.2) is 0 Å². The van der Waals surface area contributed by atoms with Crippen LogP contribution in [0.3, 0.4) is 0 Å². The van der Waals surface area contributed by atoms with Gasteiger partial charge in [-0.25, -0.2) is 0 Å². The summed E-state index contributed by atoms with van der Waals surface area (Å²) in [5.41, 5.74) is 0. The topological polar surface area (TPSA) is 9.23 Å². The minimum atomic E-state index is -1.34. The molecule has 0 aliphatic heterocycles. The maximum atomic E-state index is 6.23. The summed E-state index contributed by atoms with van der Waals surface area (Å²) in [5.74, 6) is 0. The van der Waals surface area contributed by atoms with Crippen molar-refractivity contribution in [1.82, 2.24) is 0 Å². The summed E-state index contributed by atoms with van der Waals surface area (Å²) in [6, 6.07) is 1.30. The van der Waals surface area contributed by atoms with Gasteiger partial charge in [-0.1, -0.05) is 26.2 Å². The van der Waals surface area contributed by atoms with Crippen LogP contribution in [0.4, 0.5) is 0 Å². The predicted molar refractivity (Wildman–Crippen MR) is 65.9 cm³/mol. The summed E-state index contributed by atoms with van der Waals surface area (Å²) in [7, 11) is -2.65. The van der Waals surface area contributed by atoms with Crippen LogP contribution in [-0.4, -0.2) is 16.6 Å². The van der Waals surface area contributed by atoms with Crippen LogP contribution in [0.5, 0.6) is 0 Å². The van der Waals surface area contributed by atoms with Gasteiger partial charge in [0.1, 0.15) is 0 Å². The third-order valence-corrected chi connectivity index (χ3v) is 8.08. The van der Waals surface area contributed by atoms with E-state index in [1.54, 1.807) is 0 Å². The molecule has 0 aliphatic rings. The molecule has 0 heterocycles. The van der Waals surface area contributed by atoms with Crippen LogP contribution in [0.25, 0.3) is 0 Å². The van der Waals surface area contributed by atoms with Gasteiger partial charge in [0.15, 0.2) is 16.6 Å². The van der Waals surface area contributed by atoms with Gasteiger partial charge in [-0.2, -0.15) is 0 Å². The van der Waals surface area contributed by atoms with Crippen molar-refractivity contribution in [2.75, 3.05) is 0 Å². The lowest BCUT2D eigenvalue weighted by atomic mass is 10.3. The summed E-state index contributed by atoms with van der Waals surface area (Å²) in [5, 5.41) is 0. The molecule has 0 fully saturated rings. The Kier molecular flexibility index (Phi) is 5.48. The van der Waals surface area contributed by atoms with E-state index in [4.69, 9.17) is 4.12 Å². The molecule has 0 unspecified atom stereocenters. The van der Waals surface area contributed by atoms with E-state index in [0.29, 0.717) is 0 Å². The second kappa shape index (κ2) is 5.32. The van der Waals surface area contributed by atoms with Gasteiger partial charge in [0.05, 0.1) is 0 Å². The van der Waals surface area contributed by atoms with Gasteiger partial charge in [0.25, 0.3) is 0 Å². The lowest BCUT2D eigenvalue weighted by Gasteiger charge is -2.31. The van der Waals surface area contributed by atoms with E-state index in [0.717, 1.165) is 6.42 Å². The Morgan fingerprint density at radius 1 is 1.00 bits per heavy atom. The summed E-state index contributed by atoms with van der Waals surface area (Å²) in [4.78, 5) is 0. The zero-order valence-electron chi connectivity index (χ0n) is 9.94. The Morgan fingerprint density at radius 3 is 1.92 bits per heavy atom. The average Bonchev–Trinajstić information content (AvgIpc) is 1.81. The first-order chi connectivity index (χ1) is 5.77. The van der Waals surface area contributed by atoms with Gasteiger partial charge in [-0.15, -0.1) is 0 Å². The van der Waals surface area contributed by atoms with Gasteiger partial charge >= 0.3 is 0 Å². The van der Waals surface area contributed by atoms with Crippen molar-refractivity contribution in [1.29, 1.82) is 0 Å². The highest BCUT2D eigenvalue weighted by molar-refractivity contribution is 6.84. The van der Waals surface area contributed by atoms with Crippen molar-refractivity contribution in [3.8, 4) is 0 Å². The molecule has 79 valence electrons. The fraction of sp³-hybridized carbons (Fsp3) is 0.900. The average molecular weight is 217 g/mol. The normalized spacial score (nSPS) is 13.4. The molecule has 0 rings (SSSR count). The predicted octanol–water partition coefficient (Wildman–Crippen LogP) is 4.05. The quantitative estimate of drug-likeness (QED) is 0.482. The first-order valence-corrected chi connectivity index (χ1v) is 11.8. The molecule has 0 aromatic carbocycles. The Bertz CT molecular complexity index is 138. The minimum Gasteiger partial charge on any atom is -0.456 e. The van der Waals surface area contributed by atoms with E-state index in [1.807, 2.05) is 0 Å². The molecule has 0 atom stereocenters. The van der Waals surface area contributed by atoms with E-state index in [2.05, 4.69) is 39.7 Å². The van der Waals surface area contributed by atoms with Crippen LogP contribution >= 0.6 is 0 Å². The molecule has 1 nitrogen and oxygen atoms in total. The van der Waals surface area contributed by atoms with Crippen LogP contribution in [-0.2, 0) is 4.12 Å². The maximum absolute atomic E-state index is 6.23. The highest BCUT2D eigenvalue weighted by Gasteiger charge is 2.28. The van der Waals surface area contributed by atoms with Gasteiger partial charge in [0, 0.05) is 0 Å². The lowest BCUT2D eigenvalue weighted by Crippen LogP contribution is -2.42. The fourth-order valence-corrected chi connectivity index (χ4v) is 9.75. The van der Waals surface area contributed by atoms with Gasteiger partial charge < -0.3 is 4.12 Å². The molecule has 13 heavy (non-hydrogen) atoms. The molecule has 0 aromatic rings. The molecule has 0 aliphatic carbocycles. The first kappa shape index (κ1) is 13.4. The van der Waals surface area contributed by atoms with E-state index < -0.39 is 16.6 Å². The minimum absolute atomic E-state index is 1.07. The first-order valence-electron chi connectivity index (χ1n) is 5.26. The Labute approximate surface area is 86.1 Å². The number of unbranched alkanes of at least 4 members (excludes halogenated alkanes) is 2. The summed E-state index contributed by atoms with van der Waals surface area (Å²) < 4.78 is 6.23. The van der Waals surface area contributed by atoms with Crippen molar-refractivity contribution in [2.45, 2.75) is 58.0 Å². The maximum Gasteiger partial charge on any atom is 0.173 e. The molecule has 0 saturated carbocycles. The van der Waals surface area contributed by atoms with E-state index in [9.17, 15) is 0 Å². The molecule has 3 heteroatoms. The third kappa shape index (κ3) is 8.72. The highest BCUT2D eigenvalue weighted by atomic mass is 28.4. The highest BCUT2D eigenvalue weighted by Crippen LogP contribution is 2.20. The Morgan fingerprint density at radius 2 is 1.54 bits per heavy atom. The molecule has 0 saturated heterocycles. The third-order valence-electron chi connectivity index (χ3n) is 1.86. The molecular formula is C10H25OSi2. The van der Waals surface area contributed by atoms with E-state index in [-0.39, 0.29) is 0 Å². The SMILES string of the molecule is [CH2]CCCC[Si](C)(C)O[Si](C)(C)C. The van der Waals surface area contributed by atoms with Crippen molar-refractivity contribution in [3.05, 3.63) is 6.92 Å². The second-order valence-electron chi connectivity index (χ2n) is 5.28. The van der Waals surface area contributed by atoms with Gasteiger partial charge in [-0.3, -0.25) is 0 Å². The summed E-state index contributed by atoms with van der Waals surface area (Å²) in [6.45, 7) is 15.4. The van der Waals surface area contributed by atoms with Crippen LogP contribution in [0.1, 0.15) is 19.3 Å². The molecule has 0 N–H and O–H groups in total. The monoisotopic (exact) mass is 217 g/mol. The van der Waals surface area contributed by atoms with Crippen LogP contribution in [0.2, 0.25) is 38.8 Å². The molecule has 0 amide bonds. The summed E-state index contributed by atoms with van der Waals surface area (Å²) >= 11 is 0. The number of rotatable bonds is 6. The van der Waals surface area contributed by atoms with Crippen LogP contribution < -0.4 is 0 Å². The largest absolute Gasteiger partial charge is 0.456 e. The van der Waals surface area contributed by atoms with E-state index >= 15 is 0 Å². The number of hydrogen-bond donors (Lipinski definition) is 0. The van der Waals surface area contributed by atoms with Crippen LogP contribution in [0, 0.1) is 6.92 Å². The van der Waals surface area contributed by atoms with E-state index in [1.165, 1.54) is 18.9 Å². The molecule has 1 radical (unpaired) electrons. The Hall–Kier alpha value is 0.394. The second-order valence-corrected chi connectivity index (χ2v) is 14.3. The standard InChI is InChI=1S/C10H25OSi2/c1-7-8-9-10-13(5,6)11-12(2,3)4/h1,7-10H2,2-6H3. The Balaban J connectivity index is 3.80. The van der Waals surface area contributed by atoms with Crippen molar-refractivity contribution < 1.29 is 4.12 Å². The zero-order valence-corrected chi connectivity index (χ0v) is 11.9. The molecule has 0 bridgehead atoms.